The van der Waals surface area contributed by atoms with Gasteiger partial charge in [0.2, 0.25) is 5.91 Å². The number of rotatable bonds is 9. The van der Waals surface area contributed by atoms with Crippen molar-refractivity contribution < 1.29 is 42.1 Å². The first-order valence-corrected chi connectivity index (χ1v) is 12.8. The van der Waals surface area contributed by atoms with Gasteiger partial charge >= 0.3 is 6.18 Å². The van der Waals surface area contributed by atoms with Crippen LogP contribution in [0, 0.1) is 6.92 Å². The van der Waals surface area contributed by atoms with E-state index >= 15 is 0 Å². The summed E-state index contributed by atoms with van der Waals surface area (Å²) in [6, 6.07) is 11.6. The molecule has 0 spiro atoms. The number of benzene rings is 2. The molecule has 4 rings (SSSR count). The van der Waals surface area contributed by atoms with E-state index in [1.54, 1.807) is 30.5 Å². The first kappa shape index (κ1) is 29.7. The Labute approximate surface area is 233 Å². The molecular formula is C29H27F3N3O6-. The summed E-state index contributed by atoms with van der Waals surface area (Å²) >= 11 is 0. The summed E-state index contributed by atoms with van der Waals surface area (Å²) in [4.78, 5) is 40.9. The molecule has 2 aromatic carbocycles. The zero-order valence-corrected chi connectivity index (χ0v) is 22.0. The molecule has 0 saturated carbocycles. The Morgan fingerprint density at radius 1 is 1.05 bits per heavy atom. The molecule has 2 amide bonds. The number of pyridine rings is 1. The number of ketones is 1. The quantitative estimate of drug-likeness (QED) is 0.271. The number of Topliss-reactive ketones (excluding diaryl/α,β-unsaturated/α-hetero) is 1. The third-order valence-electron chi connectivity index (χ3n) is 6.39. The van der Waals surface area contributed by atoms with Gasteiger partial charge in [-0.15, -0.1) is 0 Å². The van der Waals surface area contributed by atoms with Crippen molar-refractivity contribution in [2.24, 2.45) is 0 Å². The summed E-state index contributed by atoms with van der Waals surface area (Å²) in [5, 5.41) is 15.1. The van der Waals surface area contributed by atoms with Crippen LogP contribution in [0.3, 0.4) is 0 Å². The zero-order chi connectivity index (χ0) is 29.6. The first-order chi connectivity index (χ1) is 19.5. The maximum Gasteiger partial charge on any atom is 0.416 e. The van der Waals surface area contributed by atoms with Crippen molar-refractivity contribution in [2.45, 2.75) is 51.7 Å². The van der Waals surface area contributed by atoms with Crippen LogP contribution in [0.4, 0.5) is 29.3 Å². The lowest BCUT2D eigenvalue weighted by Gasteiger charge is -2.22. The van der Waals surface area contributed by atoms with Gasteiger partial charge in [0.25, 0.3) is 0 Å². The minimum absolute atomic E-state index is 0.204. The lowest BCUT2D eigenvalue weighted by atomic mass is 10.00. The van der Waals surface area contributed by atoms with Gasteiger partial charge < -0.3 is 30.0 Å². The lowest BCUT2D eigenvalue weighted by molar-refractivity contribution is -0.242. The molecule has 1 atom stereocenters. The first-order valence-electron chi connectivity index (χ1n) is 12.8. The molecule has 1 saturated heterocycles. The molecule has 216 valence electrons. The number of carbonyl (C=O) groups is 3. The minimum Gasteiger partial charge on any atom is -0.530 e. The number of anilines is 2. The minimum atomic E-state index is -4.75. The number of nitrogens with zero attached hydrogens (tertiary/aromatic N) is 1. The van der Waals surface area contributed by atoms with E-state index in [9.17, 15) is 32.7 Å². The van der Waals surface area contributed by atoms with E-state index in [2.05, 4.69) is 10.3 Å². The molecule has 3 aromatic rings. The highest BCUT2D eigenvalue weighted by molar-refractivity contribution is 6.12. The number of carbonyl (C=O) groups excluding carboxylic acids is 3. The number of aromatic nitrogens is 1. The van der Waals surface area contributed by atoms with Gasteiger partial charge in [0, 0.05) is 18.4 Å². The van der Waals surface area contributed by atoms with Crippen LogP contribution < -0.4 is 15.7 Å². The highest BCUT2D eigenvalue weighted by Gasteiger charge is 2.33. The molecule has 2 N–H and O–H groups in total. The van der Waals surface area contributed by atoms with Crippen molar-refractivity contribution in [3.8, 4) is 11.1 Å². The van der Waals surface area contributed by atoms with Gasteiger partial charge in [-0.25, -0.2) is 0 Å². The second kappa shape index (κ2) is 12.9. The average molecular weight is 571 g/mol. The monoisotopic (exact) mass is 570 g/mol. The second-order valence-electron chi connectivity index (χ2n) is 9.49. The largest absolute Gasteiger partial charge is 0.530 e. The molecule has 41 heavy (non-hydrogen) atoms. The third kappa shape index (κ3) is 8.12. The fourth-order valence-electron chi connectivity index (χ4n) is 4.40. The lowest BCUT2D eigenvalue weighted by Crippen LogP contribution is -2.29. The van der Waals surface area contributed by atoms with Crippen LogP contribution in [0.5, 0.6) is 0 Å². The Balaban J connectivity index is 1.46. The number of nitrogens with one attached hydrogen (secondary N) is 2. The second-order valence-corrected chi connectivity index (χ2v) is 9.49. The highest BCUT2D eigenvalue weighted by Crippen LogP contribution is 2.37. The third-order valence-corrected chi connectivity index (χ3v) is 6.39. The fourth-order valence-corrected chi connectivity index (χ4v) is 4.40. The van der Waals surface area contributed by atoms with Crippen LogP contribution >= 0.6 is 0 Å². The predicted molar refractivity (Wildman–Crippen MR) is 141 cm³/mol. The zero-order valence-electron chi connectivity index (χ0n) is 22.0. The number of ether oxygens (including phenoxy) is 2. The number of amides is 2. The normalized spacial score (nSPS) is 15.3. The SMILES string of the molecule is Cc1cc(NC(=O)[O-])c(NC(=O)CC(=O)c2cccc(-c3ccnc(COC4CCCCO4)c3)c2)cc1C(F)(F)F. The molecule has 9 nitrogen and oxygen atoms in total. The summed E-state index contributed by atoms with van der Waals surface area (Å²) in [5.74, 6) is -1.51. The van der Waals surface area contributed by atoms with Gasteiger partial charge in [-0.3, -0.25) is 14.6 Å². The summed E-state index contributed by atoms with van der Waals surface area (Å²) in [7, 11) is 0. The molecule has 0 radical (unpaired) electrons. The van der Waals surface area contributed by atoms with Gasteiger partial charge in [0.05, 0.1) is 35.7 Å². The number of aryl methyl sites for hydroxylation is 1. The predicted octanol–water partition coefficient (Wildman–Crippen LogP) is 5.09. The molecule has 0 bridgehead atoms. The van der Waals surface area contributed by atoms with Crippen molar-refractivity contribution >= 4 is 29.2 Å². The molecular weight excluding hydrogens is 543 g/mol. The van der Waals surface area contributed by atoms with E-state index in [-0.39, 0.29) is 29.7 Å². The average Bonchev–Trinajstić information content (AvgIpc) is 2.93. The Kier molecular flexibility index (Phi) is 9.35. The number of hydrogen-bond acceptors (Lipinski definition) is 7. The number of hydrogen-bond donors (Lipinski definition) is 2. The van der Waals surface area contributed by atoms with Crippen LogP contribution in [0.1, 0.15) is 52.9 Å². The summed E-state index contributed by atoms with van der Waals surface area (Å²) in [6.07, 6.45) is -3.01. The highest BCUT2D eigenvalue weighted by atomic mass is 19.4. The number of alkyl halides is 3. The summed E-state index contributed by atoms with van der Waals surface area (Å²) < 4.78 is 51.5. The maximum absolute atomic E-state index is 13.4. The van der Waals surface area contributed by atoms with Crippen LogP contribution in [0.15, 0.2) is 54.7 Å². The molecule has 2 heterocycles. The topological polar surface area (TPSA) is 130 Å². The molecule has 1 unspecified atom stereocenters. The van der Waals surface area contributed by atoms with Crippen molar-refractivity contribution in [2.75, 3.05) is 17.2 Å². The van der Waals surface area contributed by atoms with E-state index in [4.69, 9.17) is 9.47 Å². The van der Waals surface area contributed by atoms with E-state index in [0.29, 0.717) is 23.9 Å². The maximum atomic E-state index is 13.4. The van der Waals surface area contributed by atoms with E-state index in [0.717, 1.165) is 37.8 Å². The van der Waals surface area contributed by atoms with Gasteiger partial charge in [-0.2, -0.15) is 13.2 Å². The molecule has 1 aromatic heterocycles. The number of halogens is 3. The van der Waals surface area contributed by atoms with Gasteiger partial charge in [-0.05, 0) is 73.2 Å². The summed E-state index contributed by atoms with van der Waals surface area (Å²) in [6.45, 7) is 2.06. The van der Waals surface area contributed by atoms with Crippen molar-refractivity contribution in [3.63, 3.8) is 0 Å². The van der Waals surface area contributed by atoms with Crippen molar-refractivity contribution in [1.29, 1.82) is 0 Å². The fraction of sp³-hybridized carbons (Fsp3) is 0.310. The molecule has 12 heteroatoms. The molecule has 1 fully saturated rings. The van der Waals surface area contributed by atoms with E-state index in [1.165, 1.54) is 6.07 Å². The van der Waals surface area contributed by atoms with Crippen LogP contribution in [-0.4, -0.2) is 35.7 Å². The van der Waals surface area contributed by atoms with Crippen molar-refractivity contribution in [1.82, 2.24) is 4.98 Å². The Hall–Kier alpha value is -4.29. The number of carboxylic acid groups (broad SMARTS) is 1. The van der Waals surface area contributed by atoms with E-state index < -0.39 is 41.6 Å². The van der Waals surface area contributed by atoms with Gasteiger partial charge in [0.15, 0.2) is 12.1 Å². The van der Waals surface area contributed by atoms with Gasteiger partial charge in [-0.1, -0.05) is 18.2 Å². The Morgan fingerprint density at radius 2 is 1.80 bits per heavy atom. The van der Waals surface area contributed by atoms with Crippen LogP contribution in [0.2, 0.25) is 0 Å². The smallest absolute Gasteiger partial charge is 0.416 e. The Morgan fingerprint density at radius 3 is 2.51 bits per heavy atom. The Bertz CT molecular complexity index is 1440. The van der Waals surface area contributed by atoms with Crippen LogP contribution in [0.25, 0.3) is 11.1 Å². The molecule has 1 aliphatic heterocycles. The standard InChI is InChI=1S/C29H28F3N3O6/c1-17-11-23(35-28(38)39)24(14-22(17)29(30,31)32)34-26(37)15-25(36)20-6-4-5-18(12-20)19-8-9-33-21(13-19)16-41-27-7-2-3-10-40-27/h4-6,8-9,11-14,27,35H,2-3,7,10,15-16H2,1H3,(H,34,37)(H,38,39)/p-1. The van der Waals surface area contributed by atoms with Crippen LogP contribution in [-0.2, 0) is 27.1 Å². The molecule has 1 aliphatic rings. The van der Waals surface area contributed by atoms with Gasteiger partial charge in [0.1, 0.15) is 6.09 Å². The molecule has 0 aliphatic carbocycles. The van der Waals surface area contributed by atoms with Crippen molar-refractivity contribution in [3.05, 3.63) is 77.1 Å². The summed E-state index contributed by atoms with van der Waals surface area (Å²) in [5.41, 5.74) is 0.224. The van der Waals surface area contributed by atoms with E-state index in [1.807, 2.05) is 11.4 Å².